The van der Waals surface area contributed by atoms with E-state index in [0.717, 1.165) is 108 Å². The van der Waals surface area contributed by atoms with Crippen molar-refractivity contribution < 1.29 is 80.2 Å². The van der Waals surface area contributed by atoms with Crippen LogP contribution in [0, 0.1) is 17.8 Å². The van der Waals surface area contributed by atoms with Crippen molar-refractivity contribution in [3.63, 3.8) is 0 Å². The van der Waals surface area contributed by atoms with Crippen LogP contribution in [0.15, 0.2) is 0 Å². The number of ether oxygens (including phenoxy) is 4. The molecule has 0 saturated carbocycles. The van der Waals surface area contributed by atoms with Crippen molar-refractivity contribution in [2.24, 2.45) is 17.8 Å². The lowest BCUT2D eigenvalue weighted by Gasteiger charge is -2.21. The summed E-state index contributed by atoms with van der Waals surface area (Å²) in [5.41, 5.74) is 0. The third kappa shape index (κ3) is 74.9. The molecule has 0 heterocycles. The molecule has 0 aromatic rings. The van der Waals surface area contributed by atoms with Crippen molar-refractivity contribution in [2.75, 3.05) is 39.6 Å². The Balaban J connectivity index is 5.24. The SMILES string of the molecule is CCCCCCCCCCCCCC(=O)OC[C@H](COP(=O)(O)OC[C@H](O)COP(=O)(O)OC[C@@H](COC(=O)CCCCCCCCCCCCCCCC(C)C)OC(=O)CCCCCCCCCCCCCCCCCCCCC(C)C)OC(=O)CCCCCCCCCCCCC(C)CC. The monoisotopic (exact) mass is 1490 g/mol. The average Bonchev–Trinajstić information content (AvgIpc) is 0.992. The van der Waals surface area contributed by atoms with Crippen LogP contribution in [-0.2, 0) is 65.4 Å². The second kappa shape index (κ2) is 73.2. The van der Waals surface area contributed by atoms with Crippen LogP contribution in [0.3, 0.4) is 0 Å². The van der Waals surface area contributed by atoms with Crippen molar-refractivity contribution >= 4 is 39.5 Å². The first-order valence-electron chi connectivity index (χ1n) is 42.9. The van der Waals surface area contributed by atoms with Crippen molar-refractivity contribution in [1.29, 1.82) is 0 Å². The summed E-state index contributed by atoms with van der Waals surface area (Å²) < 4.78 is 68.8. The van der Waals surface area contributed by atoms with Crippen LogP contribution in [0.1, 0.15) is 434 Å². The van der Waals surface area contributed by atoms with E-state index in [4.69, 9.17) is 37.0 Å². The van der Waals surface area contributed by atoms with E-state index < -0.39 is 97.5 Å². The van der Waals surface area contributed by atoms with E-state index in [1.54, 1.807) is 0 Å². The molecule has 102 heavy (non-hydrogen) atoms. The number of aliphatic hydroxyl groups is 1. The van der Waals surface area contributed by atoms with Gasteiger partial charge in [0.1, 0.15) is 19.3 Å². The minimum absolute atomic E-state index is 0.107. The number of carbonyl (C=O) groups excluding carboxylic acids is 4. The highest BCUT2D eigenvalue weighted by Gasteiger charge is 2.30. The lowest BCUT2D eigenvalue weighted by atomic mass is 9.99. The number of rotatable bonds is 81. The highest BCUT2D eigenvalue weighted by molar-refractivity contribution is 7.47. The molecule has 606 valence electrons. The van der Waals surface area contributed by atoms with E-state index in [1.165, 1.54) is 244 Å². The number of aliphatic hydroxyl groups excluding tert-OH is 1. The predicted molar refractivity (Wildman–Crippen MR) is 418 cm³/mol. The van der Waals surface area contributed by atoms with Crippen LogP contribution in [0.5, 0.6) is 0 Å². The summed E-state index contributed by atoms with van der Waals surface area (Å²) in [6.45, 7) is 12.0. The Kier molecular flexibility index (Phi) is 71.8. The number of carbonyl (C=O) groups is 4. The van der Waals surface area contributed by atoms with Gasteiger partial charge < -0.3 is 33.8 Å². The Morgan fingerprint density at radius 3 is 0.745 bits per heavy atom. The molecular formula is C83H162O17P2. The highest BCUT2D eigenvalue weighted by Crippen LogP contribution is 2.45. The maximum Gasteiger partial charge on any atom is 0.472 e. The largest absolute Gasteiger partial charge is 0.472 e. The van der Waals surface area contributed by atoms with Crippen LogP contribution < -0.4 is 0 Å². The summed E-state index contributed by atoms with van der Waals surface area (Å²) in [7, 11) is -9.92. The van der Waals surface area contributed by atoms with Crippen LogP contribution >= 0.6 is 15.6 Å². The van der Waals surface area contributed by atoms with Gasteiger partial charge in [0, 0.05) is 25.7 Å². The molecule has 3 N–H and O–H groups in total. The minimum Gasteiger partial charge on any atom is -0.462 e. The Labute approximate surface area is 626 Å². The molecule has 0 bridgehead atoms. The number of phosphoric acid groups is 2. The zero-order valence-corrected chi connectivity index (χ0v) is 68.9. The molecule has 0 spiro atoms. The average molecular weight is 1490 g/mol. The number of esters is 4. The van der Waals surface area contributed by atoms with E-state index >= 15 is 0 Å². The first kappa shape index (κ1) is 100. The zero-order chi connectivity index (χ0) is 75.1. The Hall–Kier alpha value is -1.94. The fourth-order valence-corrected chi connectivity index (χ4v) is 14.4. The molecule has 0 aliphatic rings. The number of phosphoric ester groups is 2. The van der Waals surface area contributed by atoms with Gasteiger partial charge in [-0.25, -0.2) is 9.13 Å². The van der Waals surface area contributed by atoms with Crippen LogP contribution in [0.2, 0.25) is 0 Å². The summed E-state index contributed by atoms with van der Waals surface area (Å²) in [4.78, 5) is 73.1. The molecule has 17 nitrogen and oxygen atoms in total. The maximum absolute atomic E-state index is 13.1. The van der Waals surface area contributed by atoms with Gasteiger partial charge in [-0.2, -0.15) is 0 Å². The van der Waals surface area contributed by atoms with Crippen LogP contribution in [-0.4, -0.2) is 96.7 Å². The Morgan fingerprint density at radius 2 is 0.500 bits per heavy atom. The molecular weight excluding hydrogens is 1330 g/mol. The van der Waals surface area contributed by atoms with E-state index in [-0.39, 0.29) is 25.7 Å². The van der Waals surface area contributed by atoms with Gasteiger partial charge in [0.2, 0.25) is 0 Å². The predicted octanol–water partition coefficient (Wildman–Crippen LogP) is 24.9. The molecule has 0 radical (unpaired) electrons. The number of unbranched alkanes of at least 4 members (excludes halogenated alkanes) is 48. The standard InChI is InChI=1S/C83H162O17P2/c1-8-10-11-12-13-14-26-36-43-50-57-64-80(85)93-70-79(100-83(88)67-60-53-46-39-32-31-35-42-49-56-63-76(7)9-2)73-98-102(91,92)96-69-77(84)68-95-101(89,90)97-72-78(71-94-81(86)65-58-51-44-37-29-25-21-23-28-34-41-48-55-62-75(5)6)99-82(87)66-59-52-45-38-30-24-20-18-16-15-17-19-22-27-33-40-47-54-61-74(3)4/h74-79,84H,8-73H2,1-7H3,(H,89,90)(H,91,92)/t76?,77-,78-,79-/m1/s1. The van der Waals surface area contributed by atoms with Crippen molar-refractivity contribution in [2.45, 2.75) is 452 Å². The molecule has 0 aliphatic heterocycles. The summed E-state index contributed by atoms with van der Waals surface area (Å²) in [6.07, 6.45) is 62.3. The quantitative estimate of drug-likeness (QED) is 0.0222. The summed E-state index contributed by atoms with van der Waals surface area (Å²) in [6, 6.07) is 0. The van der Waals surface area contributed by atoms with E-state index in [2.05, 4.69) is 48.5 Å². The lowest BCUT2D eigenvalue weighted by molar-refractivity contribution is -0.161. The van der Waals surface area contributed by atoms with Gasteiger partial charge in [-0.05, 0) is 43.4 Å². The van der Waals surface area contributed by atoms with Gasteiger partial charge in [-0.1, -0.05) is 382 Å². The molecule has 3 unspecified atom stereocenters. The third-order valence-electron chi connectivity index (χ3n) is 19.7. The fraction of sp³-hybridized carbons (Fsp3) is 0.952. The third-order valence-corrected chi connectivity index (χ3v) is 21.6. The summed E-state index contributed by atoms with van der Waals surface area (Å²) in [5.74, 6) is 0.307. The summed E-state index contributed by atoms with van der Waals surface area (Å²) >= 11 is 0. The smallest absolute Gasteiger partial charge is 0.462 e. The van der Waals surface area contributed by atoms with Crippen LogP contribution in [0.25, 0.3) is 0 Å². The first-order valence-corrected chi connectivity index (χ1v) is 45.9. The second-order valence-corrected chi connectivity index (χ2v) is 34.0. The molecule has 6 atom stereocenters. The van der Waals surface area contributed by atoms with Crippen molar-refractivity contribution in [3.8, 4) is 0 Å². The molecule has 0 aromatic carbocycles. The van der Waals surface area contributed by atoms with Crippen LogP contribution in [0.4, 0.5) is 0 Å². The lowest BCUT2D eigenvalue weighted by Crippen LogP contribution is -2.30. The molecule has 0 amide bonds. The number of hydrogen-bond acceptors (Lipinski definition) is 15. The fourth-order valence-electron chi connectivity index (χ4n) is 12.8. The summed E-state index contributed by atoms with van der Waals surface area (Å²) in [5, 5.41) is 10.7. The Morgan fingerprint density at radius 1 is 0.284 bits per heavy atom. The van der Waals surface area contributed by atoms with Gasteiger partial charge in [-0.3, -0.25) is 37.3 Å². The van der Waals surface area contributed by atoms with Crippen molar-refractivity contribution in [1.82, 2.24) is 0 Å². The zero-order valence-electron chi connectivity index (χ0n) is 67.1. The molecule has 0 saturated heterocycles. The minimum atomic E-state index is -4.96. The van der Waals surface area contributed by atoms with Gasteiger partial charge >= 0.3 is 39.5 Å². The first-order chi connectivity index (χ1) is 49.3. The number of hydrogen-bond donors (Lipinski definition) is 3. The topological polar surface area (TPSA) is 237 Å². The van der Waals surface area contributed by atoms with E-state index in [9.17, 15) is 43.2 Å². The second-order valence-electron chi connectivity index (χ2n) is 31.1. The Bertz CT molecular complexity index is 1980. The molecule has 19 heteroatoms. The molecule has 0 aliphatic carbocycles. The molecule has 0 aromatic heterocycles. The van der Waals surface area contributed by atoms with Gasteiger partial charge in [0.25, 0.3) is 0 Å². The molecule has 0 fully saturated rings. The van der Waals surface area contributed by atoms with Crippen molar-refractivity contribution in [3.05, 3.63) is 0 Å². The highest BCUT2D eigenvalue weighted by atomic mass is 31.2. The van der Waals surface area contributed by atoms with Gasteiger partial charge in [0.15, 0.2) is 12.2 Å². The van der Waals surface area contributed by atoms with E-state index in [0.29, 0.717) is 25.7 Å². The van der Waals surface area contributed by atoms with Gasteiger partial charge in [0.05, 0.1) is 26.4 Å². The maximum atomic E-state index is 13.1. The van der Waals surface area contributed by atoms with E-state index in [1.807, 2.05) is 0 Å². The normalized spacial score (nSPS) is 14.2. The van der Waals surface area contributed by atoms with Gasteiger partial charge in [-0.15, -0.1) is 0 Å². The molecule has 0 rings (SSSR count).